The second kappa shape index (κ2) is 5.19. The third-order valence-corrected chi connectivity index (χ3v) is 2.51. The molecule has 0 radical (unpaired) electrons. The molecule has 0 aromatic rings. The molecule has 0 saturated carbocycles. The summed E-state index contributed by atoms with van der Waals surface area (Å²) in [5.41, 5.74) is 5.38. The van der Waals surface area contributed by atoms with E-state index in [-0.39, 0.29) is 0 Å². The van der Waals surface area contributed by atoms with Crippen molar-refractivity contribution in [1.82, 2.24) is 4.90 Å². The highest BCUT2D eigenvalue weighted by Gasteiger charge is 2.14. The molecule has 0 bridgehead atoms. The van der Waals surface area contributed by atoms with Gasteiger partial charge >= 0.3 is 5.97 Å². The zero-order valence-corrected chi connectivity index (χ0v) is 7.91. The first-order chi connectivity index (χ1) is 6.20. The van der Waals surface area contributed by atoms with Gasteiger partial charge < -0.3 is 15.7 Å². The molecule has 0 aromatic heterocycles. The molecule has 4 nitrogen and oxygen atoms in total. The number of hydrogen-bond donors (Lipinski definition) is 2. The van der Waals surface area contributed by atoms with E-state index in [1.54, 1.807) is 0 Å². The van der Waals surface area contributed by atoms with Crippen LogP contribution in [0.4, 0.5) is 0 Å². The van der Waals surface area contributed by atoms with Crippen molar-refractivity contribution in [3.63, 3.8) is 0 Å². The molecule has 1 atom stereocenters. The summed E-state index contributed by atoms with van der Waals surface area (Å²) in [7, 11) is 0. The van der Waals surface area contributed by atoms with Crippen molar-refractivity contribution < 1.29 is 9.90 Å². The summed E-state index contributed by atoms with van der Waals surface area (Å²) >= 11 is 0. The van der Waals surface area contributed by atoms with E-state index in [1.807, 2.05) is 0 Å². The molecule has 0 aliphatic carbocycles. The van der Waals surface area contributed by atoms with Gasteiger partial charge in [-0.2, -0.15) is 0 Å². The minimum Gasteiger partial charge on any atom is -0.480 e. The molecular formula is C9H18N2O2. The smallest absolute Gasteiger partial charge is 0.320 e. The largest absolute Gasteiger partial charge is 0.480 e. The Hall–Kier alpha value is -0.610. The molecule has 76 valence electrons. The van der Waals surface area contributed by atoms with Gasteiger partial charge in [0.15, 0.2) is 0 Å². The molecular weight excluding hydrogens is 168 g/mol. The van der Waals surface area contributed by atoms with Crippen molar-refractivity contribution in [3.05, 3.63) is 0 Å². The third-order valence-electron chi connectivity index (χ3n) is 2.51. The van der Waals surface area contributed by atoms with E-state index in [9.17, 15) is 4.79 Å². The minimum absolute atomic E-state index is 0.589. The summed E-state index contributed by atoms with van der Waals surface area (Å²) in [4.78, 5) is 12.8. The van der Waals surface area contributed by atoms with Crippen molar-refractivity contribution in [1.29, 1.82) is 0 Å². The maximum Gasteiger partial charge on any atom is 0.320 e. The molecule has 3 N–H and O–H groups in total. The molecule has 13 heavy (non-hydrogen) atoms. The topological polar surface area (TPSA) is 66.6 Å². The Bertz CT molecular complexity index is 167. The Morgan fingerprint density at radius 1 is 1.46 bits per heavy atom. The van der Waals surface area contributed by atoms with Gasteiger partial charge in [0.05, 0.1) is 0 Å². The molecule has 0 aromatic carbocycles. The highest BCUT2D eigenvalue weighted by atomic mass is 16.4. The Balaban J connectivity index is 2.02. The van der Waals surface area contributed by atoms with E-state index < -0.39 is 12.0 Å². The first-order valence-corrected chi connectivity index (χ1v) is 4.91. The van der Waals surface area contributed by atoms with Crippen LogP contribution in [0, 0.1) is 0 Å². The maximum absolute atomic E-state index is 10.4. The Kier molecular flexibility index (Phi) is 4.18. The fourth-order valence-corrected chi connectivity index (χ4v) is 1.66. The van der Waals surface area contributed by atoms with E-state index in [0.29, 0.717) is 6.42 Å². The molecule has 1 saturated heterocycles. The van der Waals surface area contributed by atoms with Crippen LogP contribution in [0.2, 0.25) is 0 Å². The van der Waals surface area contributed by atoms with Crippen LogP contribution >= 0.6 is 0 Å². The van der Waals surface area contributed by atoms with Crippen molar-refractivity contribution in [2.75, 3.05) is 19.6 Å². The lowest BCUT2D eigenvalue weighted by Gasteiger charge is -2.14. The van der Waals surface area contributed by atoms with Gasteiger partial charge in [-0.3, -0.25) is 4.79 Å². The number of likely N-dealkylation sites (tertiary alicyclic amines) is 1. The van der Waals surface area contributed by atoms with Gasteiger partial charge in [-0.1, -0.05) is 0 Å². The number of carboxylic acids is 1. The monoisotopic (exact) mass is 186 g/mol. The van der Waals surface area contributed by atoms with Crippen molar-refractivity contribution in [2.45, 2.75) is 31.7 Å². The van der Waals surface area contributed by atoms with Gasteiger partial charge in [-0.05, 0) is 45.3 Å². The summed E-state index contributed by atoms with van der Waals surface area (Å²) in [6, 6.07) is -0.678. The van der Waals surface area contributed by atoms with Crippen molar-refractivity contribution in [2.24, 2.45) is 5.73 Å². The molecule has 1 heterocycles. The molecule has 1 fully saturated rings. The molecule has 1 rings (SSSR count). The first kappa shape index (κ1) is 10.5. The Labute approximate surface area is 78.7 Å². The number of hydrogen-bond acceptors (Lipinski definition) is 3. The summed E-state index contributed by atoms with van der Waals surface area (Å²) < 4.78 is 0. The standard InChI is InChI=1S/C9H18N2O2/c10-8(9(12)13)4-3-7-11-5-1-2-6-11/h8H,1-7,10H2,(H,12,13)/t8-/m1/s1. The van der Waals surface area contributed by atoms with Crippen LogP contribution in [-0.2, 0) is 4.79 Å². The van der Waals surface area contributed by atoms with E-state index in [2.05, 4.69) is 4.90 Å². The summed E-state index contributed by atoms with van der Waals surface area (Å²) in [6.07, 6.45) is 4.05. The van der Waals surface area contributed by atoms with Gasteiger partial charge in [0.2, 0.25) is 0 Å². The first-order valence-electron chi connectivity index (χ1n) is 4.91. The zero-order chi connectivity index (χ0) is 9.68. The highest BCUT2D eigenvalue weighted by Crippen LogP contribution is 2.08. The highest BCUT2D eigenvalue weighted by molar-refractivity contribution is 5.72. The number of nitrogens with two attached hydrogens (primary N) is 1. The number of carboxylic acid groups (broad SMARTS) is 1. The zero-order valence-electron chi connectivity index (χ0n) is 7.91. The third kappa shape index (κ3) is 3.74. The summed E-state index contributed by atoms with van der Waals surface area (Å²) in [5.74, 6) is -0.888. The van der Waals surface area contributed by atoms with E-state index in [1.165, 1.54) is 25.9 Å². The van der Waals surface area contributed by atoms with Crippen molar-refractivity contribution in [3.8, 4) is 0 Å². The van der Waals surface area contributed by atoms with Crippen LogP contribution in [0.25, 0.3) is 0 Å². The van der Waals surface area contributed by atoms with Crippen molar-refractivity contribution >= 4 is 5.97 Å². The molecule has 0 spiro atoms. The number of carbonyl (C=O) groups is 1. The predicted molar refractivity (Wildman–Crippen MR) is 50.5 cm³/mol. The second-order valence-corrected chi connectivity index (χ2v) is 3.64. The maximum atomic E-state index is 10.4. The summed E-state index contributed by atoms with van der Waals surface area (Å²) in [5, 5.41) is 8.54. The second-order valence-electron chi connectivity index (χ2n) is 3.64. The van der Waals surface area contributed by atoms with E-state index >= 15 is 0 Å². The normalized spacial score (nSPS) is 20.4. The number of nitrogens with zero attached hydrogens (tertiary/aromatic N) is 1. The van der Waals surface area contributed by atoms with E-state index in [4.69, 9.17) is 10.8 Å². The lowest BCUT2D eigenvalue weighted by Crippen LogP contribution is -2.31. The molecule has 1 aliphatic heterocycles. The van der Waals surface area contributed by atoms with Gasteiger partial charge in [0.25, 0.3) is 0 Å². The number of aliphatic carboxylic acids is 1. The quantitative estimate of drug-likeness (QED) is 0.647. The Morgan fingerprint density at radius 2 is 2.08 bits per heavy atom. The van der Waals surface area contributed by atoms with Crippen LogP contribution < -0.4 is 5.73 Å². The molecule has 0 amide bonds. The SMILES string of the molecule is N[C@H](CCCN1CCCC1)C(=O)O. The summed E-state index contributed by atoms with van der Waals surface area (Å²) in [6.45, 7) is 3.34. The van der Waals surface area contributed by atoms with Gasteiger partial charge in [-0.15, -0.1) is 0 Å². The Morgan fingerprint density at radius 3 is 2.62 bits per heavy atom. The number of rotatable bonds is 5. The van der Waals surface area contributed by atoms with Crippen LogP contribution in [0.1, 0.15) is 25.7 Å². The average molecular weight is 186 g/mol. The van der Waals surface area contributed by atoms with E-state index in [0.717, 1.165) is 13.0 Å². The van der Waals surface area contributed by atoms with Gasteiger partial charge in [0, 0.05) is 0 Å². The molecule has 1 aliphatic rings. The molecule has 0 unspecified atom stereocenters. The van der Waals surface area contributed by atoms with Crippen LogP contribution in [0.5, 0.6) is 0 Å². The molecule has 4 heteroatoms. The lowest BCUT2D eigenvalue weighted by atomic mass is 10.1. The predicted octanol–water partition coefficient (Wildman–Crippen LogP) is 0.274. The minimum atomic E-state index is -0.888. The average Bonchev–Trinajstić information content (AvgIpc) is 2.56. The van der Waals surface area contributed by atoms with Crippen LogP contribution in [-0.4, -0.2) is 41.7 Å². The van der Waals surface area contributed by atoms with Gasteiger partial charge in [0.1, 0.15) is 6.04 Å². The van der Waals surface area contributed by atoms with Gasteiger partial charge in [-0.25, -0.2) is 0 Å². The van der Waals surface area contributed by atoms with Crippen LogP contribution in [0.3, 0.4) is 0 Å². The fourth-order valence-electron chi connectivity index (χ4n) is 1.66. The fraction of sp³-hybridized carbons (Fsp3) is 0.889. The van der Waals surface area contributed by atoms with Crippen LogP contribution in [0.15, 0.2) is 0 Å². The lowest BCUT2D eigenvalue weighted by molar-refractivity contribution is -0.138.